The lowest BCUT2D eigenvalue weighted by molar-refractivity contribution is -0.135. The molecule has 3 amide bonds. The summed E-state index contributed by atoms with van der Waals surface area (Å²) in [7, 11) is 3.28. The molecule has 2 saturated carbocycles. The van der Waals surface area contributed by atoms with Gasteiger partial charge in [0.25, 0.3) is 18.3 Å². The van der Waals surface area contributed by atoms with E-state index in [2.05, 4.69) is 25.7 Å². The lowest BCUT2D eigenvalue weighted by atomic mass is 9.85. The Labute approximate surface area is 359 Å². The van der Waals surface area contributed by atoms with E-state index in [9.17, 15) is 28.0 Å². The minimum atomic E-state index is -3.10. The monoisotopic (exact) mass is 874 g/mol. The normalized spacial score (nSPS) is 24.6. The number of rotatable bonds is 10. The number of halogens is 4. The zero-order chi connectivity index (χ0) is 43.9. The van der Waals surface area contributed by atoms with E-state index in [1.807, 2.05) is 6.07 Å². The Morgan fingerprint density at radius 1 is 1.03 bits per heavy atom. The molecule has 3 aliphatic heterocycles. The molecule has 63 heavy (non-hydrogen) atoms. The van der Waals surface area contributed by atoms with Crippen LogP contribution in [0, 0.1) is 5.92 Å². The van der Waals surface area contributed by atoms with Crippen molar-refractivity contribution in [3.63, 3.8) is 0 Å². The number of nitrogens with zero attached hydrogens (tertiary/aromatic N) is 10. The molecule has 4 aromatic heterocycles. The molecule has 20 heteroatoms. The second kappa shape index (κ2) is 15.5. The fourth-order valence-corrected chi connectivity index (χ4v) is 10.9. The number of anilines is 3. The number of imide groups is 1. The van der Waals surface area contributed by atoms with Crippen LogP contribution in [0.5, 0.6) is 0 Å². The summed E-state index contributed by atoms with van der Waals surface area (Å²) >= 11 is 0. The number of amides is 3. The maximum Gasteiger partial charge on any atom is 0.329 e. The molecule has 5 fully saturated rings. The average molecular weight is 875 g/mol. The highest BCUT2D eigenvalue weighted by molar-refractivity contribution is 6.08. The van der Waals surface area contributed by atoms with Gasteiger partial charge >= 0.3 is 5.69 Å². The number of aromatic nitrogens is 7. The first-order chi connectivity index (χ1) is 30.2. The number of carbonyl (C=O) groups is 3. The molecule has 16 nitrogen and oxygen atoms in total. The third-order valence-electron chi connectivity index (χ3n) is 14.3. The number of piperidine rings is 2. The van der Waals surface area contributed by atoms with Gasteiger partial charge in [-0.2, -0.15) is 10.2 Å². The zero-order valence-corrected chi connectivity index (χ0v) is 35.2. The van der Waals surface area contributed by atoms with Gasteiger partial charge in [-0.25, -0.2) is 31.9 Å². The topological polar surface area (TPSA) is 160 Å². The van der Waals surface area contributed by atoms with E-state index in [1.165, 1.54) is 30.7 Å². The van der Waals surface area contributed by atoms with Crippen LogP contribution in [-0.4, -0.2) is 107 Å². The van der Waals surface area contributed by atoms with Gasteiger partial charge < -0.3 is 15.1 Å². The van der Waals surface area contributed by atoms with Gasteiger partial charge in [0.1, 0.15) is 17.4 Å². The second-order valence-electron chi connectivity index (χ2n) is 18.2. The maximum atomic E-state index is 16.2. The number of alkyl halides is 4. The summed E-state index contributed by atoms with van der Waals surface area (Å²) in [6, 6.07) is 4.85. The molecule has 7 heterocycles. The summed E-state index contributed by atoms with van der Waals surface area (Å²) in [5.74, 6) is -3.81. The summed E-state index contributed by atoms with van der Waals surface area (Å²) in [5, 5.41) is 13.5. The van der Waals surface area contributed by atoms with Crippen LogP contribution in [-0.2, 0) is 16.6 Å². The number of aryl methyl sites for hydroxylation is 1. The molecule has 1 aromatic carbocycles. The van der Waals surface area contributed by atoms with Crippen LogP contribution in [0.3, 0.4) is 0 Å². The molecule has 0 bridgehead atoms. The van der Waals surface area contributed by atoms with Crippen LogP contribution in [0.15, 0.2) is 47.7 Å². The van der Waals surface area contributed by atoms with Gasteiger partial charge in [0.05, 0.1) is 47.2 Å². The van der Waals surface area contributed by atoms with Crippen LogP contribution in [0.1, 0.15) is 105 Å². The molecule has 2 unspecified atom stereocenters. The lowest BCUT2D eigenvalue weighted by Gasteiger charge is -2.44. The van der Waals surface area contributed by atoms with Crippen molar-refractivity contribution >= 4 is 51.6 Å². The fraction of sp³-hybridized carbons (Fsp3) is 0.558. The number of benzene rings is 1. The quantitative estimate of drug-likeness (QED) is 0.136. The number of imidazole rings is 1. The molecular formula is C43H50F4N12O4. The zero-order valence-electron chi connectivity index (χ0n) is 35.2. The third-order valence-corrected chi connectivity index (χ3v) is 14.3. The van der Waals surface area contributed by atoms with Crippen molar-refractivity contribution in [2.24, 2.45) is 13.0 Å². The van der Waals surface area contributed by atoms with E-state index in [0.717, 1.165) is 38.0 Å². The Hall–Kier alpha value is -5.79. The van der Waals surface area contributed by atoms with Gasteiger partial charge in [-0.1, -0.05) is 6.07 Å². The summed E-state index contributed by atoms with van der Waals surface area (Å²) in [6.07, 6.45) is 9.09. The largest absolute Gasteiger partial charge is 0.364 e. The van der Waals surface area contributed by atoms with Crippen molar-refractivity contribution in [1.29, 1.82) is 0 Å². The average Bonchev–Trinajstić information content (AvgIpc) is 3.52. The standard InChI is InChI=1S/C43H50F4N12O4/c1-53(32-13-19-55(24-43(32,46)47)29-5-3-6-30-36(29)54(2)41(63)59(30)31-11-12-34(60)51-40(31)62)22-25-7-9-26(10-8-25)58-23-28(35(52-58)37(44)45)49-39(61)27-21-48-57-20-14-33(50-38(27)57)56-18-4-15-42(56)16-17-42/h3,5-6,14,20-21,23,25-26,31-32,37H,4,7-13,15-19,22,24H2,1-2H3,(H,49,61)(H,51,60,62)/t25-,26-,31?,32?. The molecule has 5 aromatic rings. The minimum Gasteiger partial charge on any atom is -0.364 e. The summed E-state index contributed by atoms with van der Waals surface area (Å²) < 4.78 is 66.8. The van der Waals surface area contributed by atoms with Gasteiger partial charge in [0.2, 0.25) is 11.8 Å². The van der Waals surface area contributed by atoms with E-state index in [1.54, 1.807) is 48.3 Å². The van der Waals surface area contributed by atoms with Crippen LogP contribution in [0.25, 0.3) is 16.7 Å². The minimum absolute atomic E-state index is 0.0808. The smallest absolute Gasteiger partial charge is 0.329 e. The van der Waals surface area contributed by atoms with E-state index in [4.69, 9.17) is 4.98 Å². The van der Waals surface area contributed by atoms with E-state index >= 15 is 8.78 Å². The number of hydrogen-bond donors (Lipinski definition) is 2. The first kappa shape index (κ1) is 41.2. The third kappa shape index (κ3) is 7.22. The molecular weight excluding hydrogens is 825 g/mol. The highest BCUT2D eigenvalue weighted by Gasteiger charge is 2.51. The van der Waals surface area contributed by atoms with Crippen molar-refractivity contribution in [2.75, 3.05) is 48.3 Å². The summed E-state index contributed by atoms with van der Waals surface area (Å²) in [5.41, 5.74) is 0.942. The lowest BCUT2D eigenvalue weighted by Crippen LogP contribution is -2.58. The van der Waals surface area contributed by atoms with Crippen molar-refractivity contribution in [3.05, 3.63) is 64.6 Å². The van der Waals surface area contributed by atoms with Crippen molar-refractivity contribution in [2.45, 2.75) is 107 Å². The van der Waals surface area contributed by atoms with Crippen LogP contribution in [0.2, 0.25) is 0 Å². The highest BCUT2D eigenvalue weighted by Crippen LogP contribution is 2.51. The number of para-hydroxylation sites is 1. The Kier molecular flexibility index (Phi) is 10.1. The predicted octanol–water partition coefficient (Wildman–Crippen LogP) is 5.46. The van der Waals surface area contributed by atoms with Gasteiger partial charge in [0.15, 0.2) is 11.3 Å². The molecule has 1 spiro atoms. The maximum absolute atomic E-state index is 16.2. The van der Waals surface area contributed by atoms with Gasteiger partial charge in [-0.3, -0.25) is 38.4 Å². The molecule has 2 atom stereocenters. The van der Waals surface area contributed by atoms with Crippen LogP contribution >= 0.6 is 0 Å². The van der Waals surface area contributed by atoms with Crippen molar-refractivity contribution < 1.29 is 31.9 Å². The Morgan fingerprint density at radius 2 is 1.83 bits per heavy atom. The molecule has 3 saturated heterocycles. The second-order valence-corrected chi connectivity index (χ2v) is 18.2. The highest BCUT2D eigenvalue weighted by atomic mass is 19.3. The Bertz CT molecular complexity index is 2680. The number of carbonyl (C=O) groups excluding carboxylic acids is 3. The van der Waals surface area contributed by atoms with E-state index in [0.29, 0.717) is 61.1 Å². The molecule has 0 radical (unpaired) electrons. The van der Waals surface area contributed by atoms with Crippen LogP contribution < -0.4 is 26.1 Å². The van der Waals surface area contributed by atoms with E-state index < -0.39 is 60.1 Å². The molecule has 5 aliphatic rings. The molecule has 334 valence electrons. The van der Waals surface area contributed by atoms with Crippen LogP contribution in [0.4, 0.5) is 34.8 Å². The SMILES string of the molecule is CN(C[C@H]1CC[C@H](n2cc(NC(=O)c3cnn4ccc(N5CCCC56CC6)nc34)c(C(F)F)n2)CC1)C1CCN(c2cccc3c2n(C)c(=O)n3C2CCC(=O)NC2=O)CC1(F)F. The number of fused-ring (bicyclic) bond motifs is 2. The summed E-state index contributed by atoms with van der Waals surface area (Å²) in [4.78, 5) is 62.0. The number of hydrogen-bond acceptors (Lipinski definition) is 10. The van der Waals surface area contributed by atoms with Crippen molar-refractivity contribution in [3.8, 4) is 0 Å². The van der Waals surface area contributed by atoms with Gasteiger partial charge in [-0.15, -0.1) is 0 Å². The molecule has 2 N–H and O–H groups in total. The Morgan fingerprint density at radius 3 is 2.56 bits per heavy atom. The number of nitrogens with one attached hydrogen (secondary N) is 2. The fourth-order valence-electron chi connectivity index (χ4n) is 10.9. The predicted molar refractivity (Wildman–Crippen MR) is 224 cm³/mol. The molecule has 10 rings (SSSR count). The summed E-state index contributed by atoms with van der Waals surface area (Å²) in [6.45, 7) is 1.07. The first-order valence-electron chi connectivity index (χ1n) is 21.9. The van der Waals surface area contributed by atoms with E-state index in [-0.39, 0.29) is 48.0 Å². The van der Waals surface area contributed by atoms with Gasteiger partial charge in [-0.05, 0) is 95.4 Å². The molecule has 2 aliphatic carbocycles. The Balaban J connectivity index is 0.774. The van der Waals surface area contributed by atoms with Crippen molar-refractivity contribution in [1.82, 2.24) is 43.7 Å². The first-order valence-corrected chi connectivity index (χ1v) is 21.9. The van der Waals surface area contributed by atoms with Gasteiger partial charge in [0, 0.05) is 51.0 Å².